The van der Waals surface area contributed by atoms with E-state index in [9.17, 15) is 48.8 Å². The minimum Gasteiger partial charge on any atom is -0.748 e. The Morgan fingerprint density at radius 2 is 1.36 bits per heavy atom. The predicted molar refractivity (Wildman–Crippen MR) is 259 cm³/mol. The molecule has 4 rings (SSSR count). The molecule has 72 heavy (non-hydrogen) atoms. The summed E-state index contributed by atoms with van der Waals surface area (Å²) in [5, 5.41) is 9.88. The second kappa shape index (κ2) is 31.2. The molecular formula is C48H68N2Na2O17S3. The molecule has 1 aromatic carbocycles. The van der Waals surface area contributed by atoms with E-state index in [4.69, 9.17) is 28.1 Å². The maximum Gasteiger partial charge on any atom is 1.00 e. The average molecular weight is 1090 g/mol. The molecule has 0 saturated carbocycles. The van der Waals surface area contributed by atoms with E-state index in [0.29, 0.717) is 119 Å². The number of allylic oxidation sites excluding steroid dienone is 3. The number of fused-ring (bicyclic) bond motifs is 2. The molecule has 3 aliphatic rings. The van der Waals surface area contributed by atoms with E-state index in [-0.39, 0.29) is 103 Å². The Balaban J connectivity index is 0.00000888. The fourth-order valence-electron chi connectivity index (χ4n) is 8.23. The molecule has 0 bridgehead atoms. The number of carboxylic acids is 1. The van der Waals surface area contributed by atoms with Gasteiger partial charge in [-0.3, -0.25) is 4.79 Å². The second-order valence-corrected chi connectivity index (χ2v) is 22.6. The van der Waals surface area contributed by atoms with Crippen LogP contribution in [0.15, 0.2) is 69.6 Å². The van der Waals surface area contributed by atoms with E-state index in [0.717, 1.165) is 11.1 Å². The Hall–Kier alpha value is -2.07. The summed E-state index contributed by atoms with van der Waals surface area (Å²) in [7, 11) is -12.3. The SMILES string of the molecule is COCCOCCOCCOCCOCC[N+](CCCS(=O)(=O)[O-])=c1ccc2c(C(C)(C)C)cc(/C=C/C=C3/N(CCCCCC(=O)O)c4ccc(S(=O)(=O)[O-])cc4C3(C)CCCS(=O)(=O)[O-])oc-2c1.[Na+].[Na+]. The quantitative estimate of drug-likeness (QED) is 0.0328. The van der Waals surface area contributed by atoms with Crippen LogP contribution in [-0.2, 0) is 69.7 Å². The van der Waals surface area contributed by atoms with E-state index < -0.39 is 58.1 Å². The summed E-state index contributed by atoms with van der Waals surface area (Å²) >= 11 is 0. The Labute approximate surface area is 469 Å². The first-order valence-corrected chi connectivity index (χ1v) is 27.8. The van der Waals surface area contributed by atoms with Crippen molar-refractivity contribution in [1.29, 1.82) is 0 Å². The number of unbranched alkanes of at least 4 members (excludes halogenated alkanes) is 2. The number of benzene rings is 2. The minimum absolute atomic E-state index is 0. The topological polar surface area (TPSA) is 274 Å². The number of methoxy groups -OCH3 is 1. The zero-order valence-electron chi connectivity index (χ0n) is 42.7. The minimum atomic E-state index is -4.88. The zero-order valence-corrected chi connectivity index (χ0v) is 49.2. The van der Waals surface area contributed by atoms with E-state index in [1.54, 1.807) is 32.3 Å². The van der Waals surface area contributed by atoms with Crippen LogP contribution >= 0.6 is 0 Å². The Morgan fingerprint density at radius 1 is 0.764 bits per heavy atom. The molecule has 2 heterocycles. The van der Waals surface area contributed by atoms with Gasteiger partial charge in [-0.15, -0.1) is 0 Å². The van der Waals surface area contributed by atoms with Crippen LogP contribution in [0.2, 0.25) is 0 Å². The molecule has 392 valence electrons. The van der Waals surface area contributed by atoms with Crippen molar-refractivity contribution >= 4 is 48.1 Å². The summed E-state index contributed by atoms with van der Waals surface area (Å²) < 4.78 is 142. The number of hydrogen-bond acceptors (Lipinski definition) is 17. The monoisotopic (exact) mass is 1090 g/mol. The molecule has 1 aliphatic carbocycles. The van der Waals surface area contributed by atoms with E-state index in [1.165, 1.54) is 18.2 Å². The van der Waals surface area contributed by atoms with Crippen LogP contribution in [0.4, 0.5) is 5.69 Å². The van der Waals surface area contributed by atoms with Gasteiger partial charge in [-0.05, 0) is 91.6 Å². The third kappa shape index (κ3) is 22.3. The molecule has 0 radical (unpaired) electrons. The van der Waals surface area contributed by atoms with Crippen LogP contribution in [0.1, 0.15) is 89.5 Å². The average Bonchev–Trinajstić information content (AvgIpc) is 3.49. The van der Waals surface area contributed by atoms with Gasteiger partial charge in [0.2, 0.25) is 5.36 Å². The second-order valence-electron chi connectivity index (χ2n) is 18.1. The van der Waals surface area contributed by atoms with Crippen molar-refractivity contribution in [3.63, 3.8) is 0 Å². The van der Waals surface area contributed by atoms with Gasteiger partial charge >= 0.3 is 65.1 Å². The van der Waals surface area contributed by atoms with Gasteiger partial charge in [0.1, 0.15) is 34.8 Å². The standard InChI is InChI=1S/C48H70N2O17S3.2Na/c1-47(2,3)41-35-38(67-44-34-37(15-17-40(41)44)49(20-11-33-69(56,57)58)22-23-63-26-27-65-30-31-66-29-28-64-25-24-62-5)12-9-13-45-48(4,19-10-32-68(53,54)55)42-36-39(70(59,60)61)16-18-43(42)50(45)21-8-6-7-14-46(51)52;;/h9,12-13,15-18,34-36H,6-8,10-11,14,19-33H2,1-5H3,(H3-,51,52,53,54,55,56,57,58,59,60,61);;/q;2*+1/p-2. The summed E-state index contributed by atoms with van der Waals surface area (Å²) in [6.07, 6.45) is 6.94. The number of nitrogens with zero attached hydrogens (tertiary/aromatic N) is 2. The van der Waals surface area contributed by atoms with Gasteiger partial charge < -0.3 is 51.8 Å². The normalized spacial score (nSPS) is 16.3. The molecule has 1 aromatic rings. The Bertz CT molecular complexity index is 2630. The van der Waals surface area contributed by atoms with E-state index >= 15 is 0 Å². The van der Waals surface area contributed by atoms with Gasteiger partial charge in [0, 0.05) is 66.4 Å². The molecule has 0 fully saturated rings. The first-order valence-electron chi connectivity index (χ1n) is 23.2. The van der Waals surface area contributed by atoms with Gasteiger partial charge in [0.25, 0.3) is 0 Å². The summed E-state index contributed by atoms with van der Waals surface area (Å²) in [6, 6.07) is 11.6. The maximum absolute atomic E-state index is 12.2. The molecule has 2 aliphatic heterocycles. The van der Waals surface area contributed by atoms with Crippen molar-refractivity contribution in [2.24, 2.45) is 0 Å². The molecule has 0 saturated heterocycles. The Morgan fingerprint density at radius 3 is 1.93 bits per heavy atom. The van der Waals surface area contributed by atoms with Crippen LogP contribution in [0, 0.1) is 0 Å². The molecule has 24 heteroatoms. The molecule has 1 atom stereocenters. The van der Waals surface area contributed by atoms with E-state index in [2.05, 4.69) is 20.8 Å². The molecule has 0 spiro atoms. The van der Waals surface area contributed by atoms with Gasteiger partial charge in [-0.25, -0.2) is 29.8 Å². The molecule has 0 amide bonds. The number of carbonyl (C=O) groups is 1. The smallest absolute Gasteiger partial charge is 0.748 e. The summed E-state index contributed by atoms with van der Waals surface area (Å²) in [5.41, 5.74) is 2.02. The third-order valence-corrected chi connectivity index (χ3v) is 14.1. The number of hydrogen-bond donors (Lipinski definition) is 1. The largest absolute Gasteiger partial charge is 1.00 e. The number of anilines is 1. The van der Waals surface area contributed by atoms with Crippen LogP contribution in [0.25, 0.3) is 17.4 Å². The van der Waals surface area contributed by atoms with Crippen molar-refractivity contribution in [3.8, 4) is 11.3 Å². The molecule has 1 N–H and O–H groups in total. The van der Waals surface area contributed by atoms with Crippen LogP contribution in [-0.4, -0.2) is 148 Å². The Kier molecular flexibility index (Phi) is 28.6. The van der Waals surface area contributed by atoms with Crippen molar-refractivity contribution in [2.45, 2.75) is 88.4 Å². The van der Waals surface area contributed by atoms with E-state index in [1.807, 2.05) is 33.7 Å². The number of aliphatic carboxylic acids is 1. The first kappa shape index (κ1) is 66.0. The van der Waals surface area contributed by atoms with Crippen molar-refractivity contribution in [1.82, 2.24) is 4.58 Å². The molecule has 19 nitrogen and oxygen atoms in total. The summed E-state index contributed by atoms with van der Waals surface area (Å²) in [5.74, 6) is -1.15. The van der Waals surface area contributed by atoms with Crippen molar-refractivity contribution in [2.75, 3.05) is 103 Å². The van der Waals surface area contributed by atoms with Gasteiger partial charge in [0.15, 0.2) is 6.54 Å². The third-order valence-electron chi connectivity index (χ3n) is 11.7. The van der Waals surface area contributed by atoms with Crippen LogP contribution < -0.4 is 73.9 Å². The molecule has 1 unspecified atom stereocenters. The number of carboxylic acid groups (broad SMARTS) is 1. The van der Waals surface area contributed by atoms with Gasteiger partial charge in [-0.2, -0.15) is 0 Å². The first-order chi connectivity index (χ1) is 32.9. The molecule has 0 aromatic heterocycles. The van der Waals surface area contributed by atoms with Crippen molar-refractivity contribution in [3.05, 3.63) is 82.6 Å². The number of rotatable bonds is 32. The van der Waals surface area contributed by atoms with Crippen LogP contribution in [0.3, 0.4) is 0 Å². The number of ether oxygens (including phenoxy) is 5. The van der Waals surface area contributed by atoms with Crippen LogP contribution in [0.5, 0.6) is 0 Å². The summed E-state index contributed by atoms with van der Waals surface area (Å²) in [4.78, 5) is 12.7. The molecular weight excluding hydrogens is 1020 g/mol. The van der Waals surface area contributed by atoms with Gasteiger partial charge in [-0.1, -0.05) is 33.3 Å². The zero-order chi connectivity index (χ0) is 51.6. The predicted octanol–water partition coefficient (Wildman–Crippen LogP) is -1.34. The van der Waals surface area contributed by atoms with Crippen molar-refractivity contribution < 1.29 is 136 Å². The fourth-order valence-corrected chi connectivity index (χ4v) is 9.70. The maximum atomic E-state index is 12.2. The van der Waals surface area contributed by atoms with Gasteiger partial charge in [0.05, 0.1) is 84.1 Å². The fraction of sp³-hybridized carbons (Fsp3) is 0.583. The summed E-state index contributed by atoms with van der Waals surface area (Å²) in [6.45, 7) is 12.5.